The van der Waals surface area contributed by atoms with Crippen LogP contribution in [0, 0.1) is 5.82 Å². The van der Waals surface area contributed by atoms with E-state index in [1.807, 2.05) is 27.7 Å². The Hall–Kier alpha value is -1.40. The second-order valence-electron chi connectivity index (χ2n) is 5.62. The molecule has 0 radical (unpaired) electrons. The number of hydrogen-bond acceptors (Lipinski definition) is 4. The quantitative estimate of drug-likeness (QED) is 0.833. The van der Waals surface area contributed by atoms with E-state index in [1.54, 1.807) is 12.1 Å². The zero-order chi connectivity index (χ0) is 14.3. The highest BCUT2D eigenvalue weighted by atomic mass is 19.1. The maximum Gasteiger partial charge on any atom is 0.487 e. The first-order chi connectivity index (χ1) is 8.71. The second-order valence-corrected chi connectivity index (χ2v) is 5.62. The van der Waals surface area contributed by atoms with Gasteiger partial charge in [0.1, 0.15) is 0 Å². The number of rotatable bonds is 2. The molecule has 102 valence electrons. The van der Waals surface area contributed by atoms with Crippen LogP contribution in [-0.4, -0.2) is 23.3 Å². The third-order valence-electron chi connectivity index (χ3n) is 3.61. The highest BCUT2D eigenvalue weighted by Gasteiger charge is 2.49. The summed E-state index contributed by atoms with van der Waals surface area (Å²) in [5.41, 5.74) is 5.17. The molecule has 0 amide bonds. The van der Waals surface area contributed by atoms with Gasteiger partial charge in [0.05, 0.1) is 11.2 Å². The van der Waals surface area contributed by atoms with Crippen molar-refractivity contribution in [1.29, 1.82) is 0 Å². The molecule has 0 saturated carbocycles. The van der Waals surface area contributed by atoms with Crippen LogP contribution < -0.4 is 5.73 Å². The molecule has 1 aromatic rings. The molecule has 0 spiro atoms. The van der Waals surface area contributed by atoms with Crippen molar-refractivity contribution in [1.82, 2.24) is 4.98 Å². The zero-order valence-electron chi connectivity index (χ0n) is 11.6. The van der Waals surface area contributed by atoms with Crippen LogP contribution in [0.1, 0.15) is 33.3 Å². The fourth-order valence-electron chi connectivity index (χ4n) is 1.71. The Kier molecular flexibility index (Phi) is 3.41. The van der Waals surface area contributed by atoms with E-state index in [1.165, 1.54) is 12.3 Å². The first-order valence-corrected chi connectivity index (χ1v) is 6.16. The molecule has 2 N–H and O–H groups in total. The molecule has 1 aliphatic heterocycles. The van der Waals surface area contributed by atoms with Gasteiger partial charge in [0.2, 0.25) is 0 Å². The minimum absolute atomic E-state index is 0.104. The van der Waals surface area contributed by atoms with Crippen LogP contribution in [-0.2, 0) is 9.31 Å². The number of aromatic nitrogens is 1. The maximum atomic E-state index is 13.2. The van der Waals surface area contributed by atoms with Gasteiger partial charge in [-0.05, 0) is 39.3 Å². The Morgan fingerprint density at radius 2 is 1.84 bits per heavy atom. The number of nitrogen functional groups attached to an aromatic ring is 1. The van der Waals surface area contributed by atoms with Crippen LogP contribution in [0.25, 0.3) is 6.08 Å². The van der Waals surface area contributed by atoms with E-state index in [2.05, 4.69) is 4.98 Å². The van der Waals surface area contributed by atoms with Crippen molar-refractivity contribution in [2.75, 3.05) is 5.73 Å². The summed E-state index contributed by atoms with van der Waals surface area (Å²) in [6, 6.07) is 1.32. The van der Waals surface area contributed by atoms with Crippen LogP contribution in [0.2, 0.25) is 0 Å². The van der Waals surface area contributed by atoms with Gasteiger partial charge in [0.15, 0.2) is 11.6 Å². The van der Waals surface area contributed by atoms with Crippen molar-refractivity contribution < 1.29 is 13.7 Å². The lowest BCUT2D eigenvalue weighted by Gasteiger charge is -2.32. The molecule has 1 saturated heterocycles. The van der Waals surface area contributed by atoms with E-state index in [9.17, 15) is 4.39 Å². The molecule has 0 unspecified atom stereocenters. The first-order valence-electron chi connectivity index (χ1n) is 6.16. The second kappa shape index (κ2) is 4.61. The number of hydrogen-bond donors (Lipinski definition) is 1. The molecule has 0 aliphatic carbocycles. The van der Waals surface area contributed by atoms with E-state index in [0.717, 1.165) is 0 Å². The van der Waals surface area contributed by atoms with Crippen molar-refractivity contribution in [2.24, 2.45) is 0 Å². The summed E-state index contributed by atoms with van der Waals surface area (Å²) in [6.07, 6.45) is 3.21. The summed E-state index contributed by atoms with van der Waals surface area (Å²) in [5.74, 6) is 1.10. The Bertz CT molecular complexity index is 501. The van der Waals surface area contributed by atoms with E-state index in [-0.39, 0.29) is 17.0 Å². The predicted molar refractivity (Wildman–Crippen MR) is 73.7 cm³/mol. The molecule has 0 aromatic carbocycles. The zero-order valence-corrected chi connectivity index (χ0v) is 11.6. The fraction of sp³-hybridized carbons (Fsp3) is 0.462. The average Bonchev–Trinajstić information content (AvgIpc) is 2.49. The normalized spacial score (nSPS) is 21.2. The molecule has 2 heterocycles. The van der Waals surface area contributed by atoms with Crippen LogP contribution in [0.4, 0.5) is 10.2 Å². The smallest absolute Gasteiger partial charge is 0.400 e. The summed E-state index contributed by atoms with van der Waals surface area (Å²) in [5, 5.41) is 0. The van der Waals surface area contributed by atoms with Gasteiger partial charge in [-0.1, -0.05) is 12.1 Å². The highest BCUT2D eigenvalue weighted by molar-refractivity contribution is 6.52. The maximum absolute atomic E-state index is 13.2. The number of pyridine rings is 1. The molecular weight excluding hydrogens is 246 g/mol. The number of nitrogens with zero attached hydrogens (tertiary/aromatic N) is 1. The molecule has 1 aliphatic rings. The Morgan fingerprint density at radius 1 is 1.26 bits per heavy atom. The summed E-state index contributed by atoms with van der Waals surface area (Å²) >= 11 is 0. The predicted octanol–water partition coefficient (Wildman–Crippen LogP) is 2.45. The number of anilines is 1. The SMILES string of the molecule is CC1(C)OB(/C=C/c2cnc(N)c(F)c2)OC1(C)C. The molecule has 2 rings (SSSR count). The van der Waals surface area contributed by atoms with Gasteiger partial charge < -0.3 is 15.0 Å². The van der Waals surface area contributed by atoms with Crippen LogP contribution in [0.15, 0.2) is 18.2 Å². The van der Waals surface area contributed by atoms with Crippen molar-refractivity contribution >= 4 is 19.0 Å². The lowest BCUT2D eigenvalue weighted by atomic mass is 9.89. The van der Waals surface area contributed by atoms with Crippen LogP contribution in [0.5, 0.6) is 0 Å². The lowest BCUT2D eigenvalue weighted by Crippen LogP contribution is -2.41. The monoisotopic (exact) mass is 264 g/mol. The molecule has 19 heavy (non-hydrogen) atoms. The number of halogens is 1. The van der Waals surface area contributed by atoms with Gasteiger partial charge in [-0.25, -0.2) is 9.37 Å². The van der Waals surface area contributed by atoms with E-state index < -0.39 is 12.9 Å². The molecule has 6 heteroatoms. The van der Waals surface area contributed by atoms with Gasteiger partial charge in [-0.3, -0.25) is 0 Å². The molecule has 4 nitrogen and oxygen atoms in total. The standard InChI is InChI=1S/C13H18BFN2O2/c1-12(2)13(3,4)19-14(18-12)6-5-9-7-10(15)11(16)17-8-9/h5-8H,1-4H3,(H2,16,17)/b6-5+. The molecule has 1 aromatic heterocycles. The van der Waals surface area contributed by atoms with Gasteiger partial charge in [0.25, 0.3) is 0 Å². The number of nitrogens with two attached hydrogens (primary N) is 1. The largest absolute Gasteiger partial charge is 0.487 e. The van der Waals surface area contributed by atoms with E-state index in [0.29, 0.717) is 5.56 Å². The Balaban J connectivity index is 2.10. The van der Waals surface area contributed by atoms with Gasteiger partial charge in [-0.2, -0.15) is 0 Å². The first kappa shape index (κ1) is 14.0. The summed E-state index contributed by atoms with van der Waals surface area (Å²) in [7, 11) is -0.453. The van der Waals surface area contributed by atoms with Crippen molar-refractivity contribution in [2.45, 2.75) is 38.9 Å². The van der Waals surface area contributed by atoms with E-state index in [4.69, 9.17) is 15.0 Å². The third-order valence-corrected chi connectivity index (χ3v) is 3.61. The van der Waals surface area contributed by atoms with Crippen molar-refractivity contribution in [3.8, 4) is 0 Å². The highest BCUT2D eigenvalue weighted by Crippen LogP contribution is 2.37. The fourth-order valence-corrected chi connectivity index (χ4v) is 1.71. The van der Waals surface area contributed by atoms with Gasteiger partial charge >= 0.3 is 7.12 Å². The Morgan fingerprint density at radius 3 is 2.37 bits per heavy atom. The minimum Gasteiger partial charge on any atom is -0.400 e. The van der Waals surface area contributed by atoms with Gasteiger partial charge in [-0.15, -0.1) is 0 Å². The summed E-state index contributed by atoms with van der Waals surface area (Å²) < 4.78 is 24.8. The van der Waals surface area contributed by atoms with Gasteiger partial charge in [0, 0.05) is 6.20 Å². The summed E-state index contributed by atoms with van der Waals surface area (Å²) in [6.45, 7) is 7.91. The molecule has 0 atom stereocenters. The van der Waals surface area contributed by atoms with Crippen LogP contribution >= 0.6 is 0 Å². The minimum atomic E-state index is -0.531. The van der Waals surface area contributed by atoms with Crippen molar-refractivity contribution in [3.05, 3.63) is 29.6 Å². The lowest BCUT2D eigenvalue weighted by molar-refractivity contribution is 0.00578. The molecular formula is C13H18BFN2O2. The van der Waals surface area contributed by atoms with E-state index >= 15 is 0 Å². The molecule has 0 bridgehead atoms. The molecule has 1 fully saturated rings. The van der Waals surface area contributed by atoms with Crippen molar-refractivity contribution in [3.63, 3.8) is 0 Å². The van der Waals surface area contributed by atoms with Crippen LogP contribution in [0.3, 0.4) is 0 Å². The third kappa shape index (κ3) is 2.79. The Labute approximate surface area is 113 Å². The topological polar surface area (TPSA) is 57.4 Å². The average molecular weight is 264 g/mol. The summed E-state index contributed by atoms with van der Waals surface area (Å²) in [4.78, 5) is 3.75.